The van der Waals surface area contributed by atoms with Crippen LogP contribution in [0.25, 0.3) is 0 Å². The fourth-order valence-corrected chi connectivity index (χ4v) is 6.51. The Hall–Kier alpha value is -1.03. The average molecular weight is 399 g/mol. The summed E-state index contributed by atoms with van der Waals surface area (Å²) in [5.41, 5.74) is 0.245. The highest BCUT2D eigenvalue weighted by Crippen LogP contribution is 2.58. The molecular formula is C28H46O. The molecule has 29 heavy (non-hydrogen) atoms. The first kappa shape index (κ1) is 24.2. The van der Waals surface area contributed by atoms with Gasteiger partial charge in [-0.2, -0.15) is 0 Å². The third-order valence-electron chi connectivity index (χ3n) is 8.21. The van der Waals surface area contributed by atoms with E-state index in [1.54, 1.807) is 0 Å². The van der Waals surface area contributed by atoms with Crippen molar-refractivity contribution < 1.29 is 4.79 Å². The first-order chi connectivity index (χ1) is 13.8. The summed E-state index contributed by atoms with van der Waals surface area (Å²) in [5, 5.41) is 0. The second kappa shape index (κ2) is 11.4. The maximum absolute atomic E-state index is 13.5. The van der Waals surface area contributed by atoms with Gasteiger partial charge in [-0.05, 0) is 74.0 Å². The van der Waals surface area contributed by atoms with Crippen molar-refractivity contribution in [3.63, 3.8) is 0 Å². The van der Waals surface area contributed by atoms with Crippen molar-refractivity contribution in [2.24, 2.45) is 40.9 Å². The van der Waals surface area contributed by atoms with E-state index in [1.807, 2.05) is 0 Å². The van der Waals surface area contributed by atoms with E-state index in [9.17, 15) is 4.79 Å². The molecule has 0 aromatic carbocycles. The van der Waals surface area contributed by atoms with E-state index in [0.717, 1.165) is 56.3 Å². The van der Waals surface area contributed by atoms with Gasteiger partial charge in [-0.1, -0.05) is 66.0 Å². The Kier molecular flexibility index (Phi) is 9.52. The molecule has 0 bridgehead atoms. The molecule has 1 nitrogen and oxygen atoms in total. The van der Waals surface area contributed by atoms with Crippen LogP contribution in [-0.4, -0.2) is 5.78 Å². The average Bonchev–Trinajstić information content (AvgIpc) is 3.02. The molecule has 0 N–H and O–H groups in total. The van der Waals surface area contributed by atoms with E-state index < -0.39 is 0 Å². The number of rotatable bonds is 11. The summed E-state index contributed by atoms with van der Waals surface area (Å²) in [4.78, 5) is 13.5. The fraction of sp³-hybridized carbons (Fsp3) is 0.821. The number of hydrogen-bond donors (Lipinski definition) is 0. The van der Waals surface area contributed by atoms with Crippen LogP contribution in [0.1, 0.15) is 105 Å². The highest BCUT2D eigenvalue weighted by Gasteiger charge is 2.54. The van der Waals surface area contributed by atoms with Crippen LogP contribution < -0.4 is 0 Å². The van der Waals surface area contributed by atoms with Crippen LogP contribution in [0, 0.1) is 53.3 Å². The first-order valence-corrected chi connectivity index (χ1v) is 12.5. The Morgan fingerprint density at radius 1 is 1.17 bits per heavy atom. The minimum absolute atomic E-state index is 0.245. The lowest BCUT2D eigenvalue weighted by Gasteiger charge is -2.45. The van der Waals surface area contributed by atoms with Gasteiger partial charge in [-0.3, -0.25) is 4.79 Å². The SMILES string of the molecule is C#CCC(C/C=C\CC)C[C@@H]1CCC2(C)C(CCC2[C@H](C)CCCC(C)C)C1=O. The van der Waals surface area contributed by atoms with Gasteiger partial charge in [0, 0.05) is 18.3 Å². The van der Waals surface area contributed by atoms with Crippen molar-refractivity contribution in [2.45, 2.75) is 105 Å². The predicted molar refractivity (Wildman–Crippen MR) is 126 cm³/mol. The zero-order valence-corrected chi connectivity index (χ0v) is 19.9. The van der Waals surface area contributed by atoms with Gasteiger partial charge in [-0.15, -0.1) is 12.3 Å². The van der Waals surface area contributed by atoms with E-state index >= 15 is 0 Å². The summed E-state index contributed by atoms with van der Waals surface area (Å²) in [6.07, 6.45) is 22.7. The number of allylic oxidation sites excluding steroid dienone is 2. The minimum atomic E-state index is 0.245. The Labute approximate surface area is 181 Å². The molecule has 2 aliphatic rings. The Bertz CT molecular complexity index is 580. The number of carbonyl (C=O) groups excluding carboxylic acids is 1. The second-order valence-corrected chi connectivity index (χ2v) is 10.8. The van der Waals surface area contributed by atoms with Gasteiger partial charge < -0.3 is 0 Å². The van der Waals surface area contributed by atoms with Gasteiger partial charge in [0.05, 0.1) is 0 Å². The summed E-state index contributed by atoms with van der Waals surface area (Å²) in [6.45, 7) is 11.7. The number of fused-ring (bicyclic) bond motifs is 1. The molecule has 2 fully saturated rings. The maximum atomic E-state index is 13.5. The summed E-state index contributed by atoms with van der Waals surface area (Å²) in [7, 11) is 0. The van der Waals surface area contributed by atoms with E-state index in [1.165, 1.54) is 32.1 Å². The van der Waals surface area contributed by atoms with Gasteiger partial charge in [0.15, 0.2) is 0 Å². The van der Waals surface area contributed by atoms with Crippen molar-refractivity contribution in [1.29, 1.82) is 0 Å². The van der Waals surface area contributed by atoms with Crippen LogP contribution in [0.5, 0.6) is 0 Å². The van der Waals surface area contributed by atoms with Gasteiger partial charge >= 0.3 is 0 Å². The van der Waals surface area contributed by atoms with Gasteiger partial charge in [0.1, 0.15) is 5.78 Å². The molecule has 0 spiro atoms. The molecule has 0 aromatic rings. The molecule has 1 heteroatoms. The smallest absolute Gasteiger partial charge is 0.139 e. The number of hydrogen-bond acceptors (Lipinski definition) is 1. The molecule has 2 rings (SSSR count). The largest absolute Gasteiger partial charge is 0.299 e. The van der Waals surface area contributed by atoms with Crippen LogP contribution >= 0.6 is 0 Å². The summed E-state index contributed by atoms with van der Waals surface area (Å²) >= 11 is 0. The molecule has 0 amide bonds. The standard InChI is InChI=1S/C28H46O/c1-7-9-10-15-23(12-8-2)20-24-18-19-28(6)25(16-17-26(28)27(24)29)22(5)14-11-13-21(3)4/h2,9-10,21-26H,7,11-20H2,1,3-6H3/b10-9-/t22-,23?,24+,25?,26?,28?/m1/s1. The van der Waals surface area contributed by atoms with Crippen molar-refractivity contribution in [3.8, 4) is 12.3 Å². The minimum Gasteiger partial charge on any atom is -0.299 e. The third-order valence-corrected chi connectivity index (χ3v) is 8.21. The molecule has 0 aromatic heterocycles. The highest BCUT2D eigenvalue weighted by molar-refractivity contribution is 5.85. The molecular weight excluding hydrogens is 352 g/mol. The van der Waals surface area contributed by atoms with Crippen LogP contribution in [0.15, 0.2) is 12.2 Å². The first-order valence-electron chi connectivity index (χ1n) is 12.5. The zero-order chi connectivity index (χ0) is 21.4. The van der Waals surface area contributed by atoms with Crippen LogP contribution in [0.2, 0.25) is 0 Å². The molecule has 0 radical (unpaired) electrons. The molecule has 0 heterocycles. The Balaban J connectivity index is 1.98. The topological polar surface area (TPSA) is 17.1 Å². The molecule has 6 atom stereocenters. The Morgan fingerprint density at radius 2 is 1.93 bits per heavy atom. The van der Waals surface area contributed by atoms with Crippen molar-refractivity contribution >= 4 is 5.78 Å². The monoisotopic (exact) mass is 398 g/mol. The Morgan fingerprint density at radius 3 is 2.59 bits per heavy atom. The van der Waals surface area contributed by atoms with Crippen molar-refractivity contribution in [2.75, 3.05) is 0 Å². The van der Waals surface area contributed by atoms with E-state index in [0.29, 0.717) is 17.6 Å². The van der Waals surface area contributed by atoms with Gasteiger partial charge in [0.2, 0.25) is 0 Å². The quantitative estimate of drug-likeness (QED) is 0.256. The molecule has 4 unspecified atom stereocenters. The lowest BCUT2D eigenvalue weighted by atomic mass is 9.58. The molecule has 2 aliphatic carbocycles. The third kappa shape index (κ3) is 6.23. The maximum Gasteiger partial charge on any atom is 0.139 e. The fourth-order valence-electron chi connectivity index (χ4n) is 6.51. The van der Waals surface area contributed by atoms with Gasteiger partial charge in [-0.25, -0.2) is 0 Å². The van der Waals surface area contributed by atoms with Crippen LogP contribution in [-0.2, 0) is 4.79 Å². The summed E-state index contributed by atoms with van der Waals surface area (Å²) in [6, 6.07) is 0. The number of ketones is 1. The zero-order valence-electron chi connectivity index (χ0n) is 19.9. The van der Waals surface area contributed by atoms with E-state index in [2.05, 4.69) is 52.7 Å². The van der Waals surface area contributed by atoms with Crippen molar-refractivity contribution in [3.05, 3.63) is 12.2 Å². The van der Waals surface area contributed by atoms with Crippen molar-refractivity contribution in [1.82, 2.24) is 0 Å². The molecule has 0 aliphatic heterocycles. The lowest BCUT2D eigenvalue weighted by Crippen LogP contribution is -2.43. The molecule has 164 valence electrons. The van der Waals surface area contributed by atoms with Crippen LogP contribution in [0.4, 0.5) is 0 Å². The highest BCUT2D eigenvalue weighted by atomic mass is 16.1. The summed E-state index contributed by atoms with van der Waals surface area (Å²) < 4.78 is 0. The van der Waals surface area contributed by atoms with Crippen LogP contribution in [0.3, 0.4) is 0 Å². The lowest BCUT2D eigenvalue weighted by molar-refractivity contribution is -0.136. The number of terminal acetylenes is 1. The van der Waals surface area contributed by atoms with E-state index in [4.69, 9.17) is 6.42 Å². The summed E-state index contributed by atoms with van der Waals surface area (Å²) in [5.74, 6) is 6.74. The number of Topliss-reactive ketones (excluding diaryl/α,β-unsaturated/α-hetero) is 1. The predicted octanol–water partition coefficient (Wildman–Crippen LogP) is 7.85. The van der Waals surface area contributed by atoms with E-state index in [-0.39, 0.29) is 11.3 Å². The normalized spacial score (nSPS) is 31.8. The molecule has 0 saturated heterocycles. The van der Waals surface area contributed by atoms with Gasteiger partial charge in [0.25, 0.3) is 0 Å². The number of carbonyl (C=O) groups is 1. The second-order valence-electron chi connectivity index (χ2n) is 10.8. The molecule has 2 saturated carbocycles.